The van der Waals surface area contributed by atoms with Gasteiger partial charge in [-0.1, -0.05) is 79.2 Å². The minimum absolute atomic E-state index is 0.349. The second-order valence-electron chi connectivity index (χ2n) is 6.87. The van der Waals surface area contributed by atoms with Crippen molar-refractivity contribution in [2.24, 2.45) is 0 Å². The molecule has 0 aliphatic rings. The van der Waals surface area contributed by atoms with Gasteiger partial charge < -0.3 is 0 Å². The summed E-state index contributed by atoms with van der Waals surface area (Å²) in [7, 11) is -0.708. The molecular formula is C13H34Si2. The van der Waals surface area contributed by atoms with Crippen molar-refractivity contribution >= 4 is 17.6 Å². The molecule has 94 valence electrons. The van der Waals surface area contributed by atoms with Crippen LogP contribution in [0.25, 0.3) is 0 Å². The first-order valence-electron chi connectivity index (χ1n) is 6.50. The summed E-state index contributed by atoms with van der Waals surface area (Å²) in [4.78, 5) is 0. The molecule has 0 N–H and O–H groups in total. The quantitative estimate of drug-likeness (QED) is 0.606. The summed E-state index contributed by atoms with van der Waals surface area (Å²) < 4.78 is 0. The summed E-state index contributed by atoms with van der Waals surface area (Å²) >= 11 is 0. The average Bonchev–Trinajstić information content (AvgIpc) is 2.01. The Morgan fingerprint density at radius 2 is 0.933 bits per heavy atom. The summed E-state index contributed by atoms with van der Waals surface area (Å²) in [5.74, 6) is 0. The zero-order chi connectivity index (χ0) is 12.8. The van der Waals surface area contributed by atoms with Gasteiger partial charge in [0.15, 0.2) is 0 Å². The number of rotatable bonds is 2. The maximum Gasteiger partial charge on any atom is 0.0388 e. The second-order valence-corrected chi connectivity index (χ2v) is 15.3. The van der Waals surface area contributed by atoms with Crippen LogP contribution in [0.15, 0.2) is 0 Å². The minimum Gasteiger partial charge on any atom is -0.0718 e. The topological polar surface area (TPSA) is 0 Å². The van der Waals surface area contributed by atoms with Gasteiger partial charge in [0, 0.05) is 17.6 Å². The van der Waals surface area contributed by atoms with Crippen molar-refractivity contribution in [3.8, 4) is 0 Å². The van der Waals surface area contributed by atoms with E-state index in [2.05, 4.69) is 68.1 Å². The SMILES string of the molecule is CC(C)[SiH](C)C(C)C.C[SiH](C)C(C)(C)C. The number of hydrogen-bond acceptors (Lipinski definition) is 0. The van der Waals surface area contributed by atoms with Gasteiger partial charge in [0.05, 0.1) is 0 Å². The lowest BCUT2D eigenvalue weighted by Crippen LogP contribution is -2.16. The highest BCUT2D eigenvalue weighted by molar-refractivity contribution is 6.60. The fourth-order valence-corrected chi connectivity index (χ4v) is 2.31. The average molecular weight is 247 g/mol. The third-order valence-corrected chi connectivity index (χ3v) is 11.5. The van der Waals surface area contributed by atoms with Gasteiger partial charge in [-0.15, -0.1) is 0 Å². The van der Waals surface area contributed by atoms with Gasteiger partial charge >= 0.3 is 0 Å². The van der Waals surface area contributed by atoms with Crippen molar-refractivity contribution in [2.75, 3.05) is 0 Å². The van der Waals surface area contributed by atoms with E-state index in [-0.39, 0.29) is 17.6 Å². The standard InChI is InChI=1S/C7H18Si.C6H16Si/c1-6(2)8(5)7(3)4;1-6(2,3)7(4)5/h6-8H,1-5H3;7H,1-5H3. The highest BCUT2D eigenvalue weighted by Crippen LogP contribution is 2.25. The highest BCUT2D eigenvalue weighted by Gasteiger charge is 2.15. The Labute approximate surface area is 102 Å². The first-order valence-corrected chi connectivity index (χ1v) is 11.9. The van der Waals surface area contributed by atoms with Gasteiger partial charge in [0.1, 0.15) is 0 Å². The van der Waals surface area contributed by atoms with E-state index in [1.165, 1.54) is 0 Å². The van der Waals surface area contributed by atoms with Crippen LogP contribution in [0.4, 0.5) is 0 Å². The van der Waals surface area contributed by atoms with Crippen LogP contribution in [-0.2, 0) is 0 Å². The summed E-state index contributed by atoms with van der Waals surface area (Å²) in [6, 6.07) is 0. The molecule has 0 aromatic heterocycles. The molecule has 0 fully saturated rings. The molecule has 0 aliphatic carbocycles. The van der Waals surface area contributed by atoms with E-state index in [0.29, 0.717) is 5.04 Å². The maximum atomic E-state index is 2.45. The van der Waals surface area contributed by atoms with Gasteiger partial charge in [-0.2, -0.15) is 0 Å². The van der Waals surface area contributed by atoms with Crippen LogP contribution in [0, 0.1) is 0 Å². The van der Waals surface area contributed by atoms with Crippen molar-refractivity contribution in [1.29, 1.82) is 0 Å². The van der Waals surface area contributed by atoms with E-state index >= 15 is 0 Å². The van der Waals surface area contributed by atoms with E-state index < -0.39 is 0 Å². The molecule has 0 spiro atoms. The zero-order valence-corrected chi connectivity index (χ0v) is 15.1. The summed E-state index contributed by atoms with van der Waals surface area (Å²) in [5, 5.41) is 0.639. The lowest BCUT2D eigenvalue weighted by molar-refractivity contribution is 0.742. The Bertz CT molecular complexity index is 135. The molecule has 2 heteroatoms. The molecule has 0 atom stereocenters. The van der Waals surface area contributed by atoms with E-state index in [4.69, 9.17) is 0 Å². The van der Waals surface area contributed by atoms with E-state index in [9.17, 15) is 0 Å². The fraction of sp³-hybridized carbons (Fsp3) is 1.00. The van der Waals surface area contributed by atoms with Crippen LogP contribution in [-0.4, -0.2) is 17.6 Å². The molecule has 0 saturated heterocycles. The van der Waals surface area contributed by atoms with Crippen LogP contribution in [0.3, 0.4) is 0 Å². The van der Waals surface area contributed by atoms with Crippen LogP contribution in [0.5, 0.6) is 0 Å². The molecule has 0 bridgehead atoms. The lowest BCUT2D eigenvalue weighted by Gasteiger charge is -2.21. The third-order valence-electron chi connectivity index (χ3n) is 3.84. The molecule has 0 aromatic rings. The van der Waals surface area contributed by atoms with Gasteiger partial charge in [-0.05, 0) is 5.04 Å². The molecule has 15 heavy (non-hydrogen) atoms. The first-order chi connectivity index (χ1) is 6.50. The second kappa shape index (κ2) is 7.67. The van der Waals surface area contributed by atoms with Crippen molar-refractivity contribution in [3.63, 3.8) is 0 Å². The Kier molecular flexibility index (Phi) is 9.11. The minimum atomic E-state index is -0.359. The fourth-order valence-electron chi connectivity index (χ4n) is 0.770. The van der Waals surface area contributed by atoms with Crippen LogP contribution < -0.4 is 0 Å². The van der Waals surface area contributed by atoms with E-state index in [1.54, 1.807) is 0 Å². The summed E-state index contributed by atoms with van der Waals surface area (Å²) in [6.45, 7) is 23.6. The van der Waals surface area contributed by atoms with Gasteiger partial charge in [-0.25, -0.2) is 0 Å². The first kappa shape index (κ1) is 17.8. The van der Waals surface area contributed by atoms with Crippen LogP contribution in [0.1, 0.15) is 48.5 Å². The third kappa shape index (κ3) is 10.7. The largest absolute Gasteiger partial charge is 0.0718 e. The molecule has 0 rings (SSSR count). The summed E-state index contributed by atoms with van der Waals surface area (Å²) in [6.07, 6.45) is 0. The smallest absolute Gasteiger partial charge is 0.0388 e. The normalized spacial score (nSPS) is 12.4. The van der Waals surface area contributed by atoms with Crippen molar-refractivity contribution < 1.29 is 0 Å². The van der Waals surface area contributed by atoms with Gasteiger partial charge in [0.25, 0.3) is 0 Å². The molecule has 0 heterocycles. The van der Waals surface area contributed by atoms with Crippen LogP contribution in [0.2, 0.25) is 35.8 Å². The van der Waals surface area contributed by atoms with Gasteiger partial charge in [-0.3, -0.25) is 0 Å². The molecular weight excluding hydrogens is 212 g/mol. The Hall–Kier alpha value is 0.434. The molecule has 0 radical (unpaired) electrons. The monoisotopic (exact) mass is 246 g/mol. The predicted octanol–water partition coefficient (Wildman–Crippen LogP) is 4.94. The Morgan fingerprint density at radius 3 is 0.933 bits per heavy atom. The lowest BCUT2D eigenvalue weighted by atomic mass is 10.2. The van der Waals surface area contributed by atoms with Crippen molar-refractivity contribution in [1.82, 2.24) is 0 Å². The van der Waals surface area contributed by atoms with Gasteiger partial charge in [0.2, 0.25) is 0 Å². The highest BCUT2D eigenvalue weighted by atomic mass is 28.3. The maximum absolute atomic E-state index is 2.45. The predicted molar refractivity (Wildman–Crippen MR) is 81.8 cm³/mol. The Balaban J connectivity index is 0. The molecule has 0 amide bonds. The van der Waals surface area contributed by atoms with E-state index in [1.807, 2.05) is 0 Å². The summed E-state index contributed by atoms with van der Waals surface area (Å²) in [5.41, 5.74) is 1.96. The van der Waals surface area contributed by atoms with Crippen molar-refractivity contribution in [2.45, 2.75) is 84.2 Å². The zero-order valence-electron chi connectivity index (χ0n) is 12.8. The van der Waals surface area contributed by atoms with Crippen molar-refractivity contribution in [3.05, 3.63) is 0 Å². The number of hydrogen-bond donors (Lipinski definition) is 0. The molecule has 0 unspecified atom stereocenters. The molecule has 0 nitrogen and oxygen atoms in total. The van der Waals surface area contributed by atoms with Crippen LogP contribution >= 0.6 is 0 Å². The molecule has 0 saturated carbocycles. The molecule has 0 aromatic carbocycles. The van der Waals surface area contributed by atoms with E-state index in [0.717, 1.165) is 11.1 Å². The Morgan fingerprint density at radius 1 is 0.733 bits per heavy atom. The molecule has 0 aliphatic heterocycles.